The highest BCUT2D eigenvalue weighted by Crippen LogP contribution is 2.68. The Morgan fingerprint density at radius 3 is 2.76 bits per heavy atom. The van der Waals surface area contributed by atoms with E-state index in [2.05, 4.69) is 13.0 Å². The summed E-state index contributed by atoms with van der Waals surface area (Å²) in [6.45, 7) is 4.40. The van der Waals surface area contributed by atoms with E-state index in [9.17, 15) is 10.2 Å². The van der Waals surface area contributed by atoms with Crippen LogP contribution in [0.2, 0.25) is 0 Å². The Kier molecular flexibility index (Phi) is 4.31. The average molecular weight is 347 g/mol. The lowest BCUT2D eigenvalue weighted by Crippen LogP contribution is -2.53. The molecule has 2 fully saturated rings. The summed E-state index contributed by atoms with van der Waals surface area (Å²) in [5.74, 6) is 3.25. The first-order valence-electron chi connectivity index (χ1n) is 10.2. The van der Waals surface area contributed by atoms with Gasteiger partial charge in [0.2, 0.25) is 0 Å². The monoisotopic (exact) mass is 346 g/mol. The smallest absolute Gasteiger partial charge is 0.0959 e. The van der Waals surface area contributed by atoms with Crippen molar-refractivity contribution in [3.63, 3.8) is 0 Å². The van der Waals surface area contributed by atoms with Gasteiger partial charge in [-0.2, -0.15) is 0 Å². The van der Waals surface area contributed by atoms with Gasteiger partial charge in [0, 0.05) is 11.8 Å². The summed E-state index contributed by atoms with van der Waals surface area (Å²) >= 11 is 0. The normalized spacial score (nSPS) is 44.5. The first kappa shape index (κ1) is 17.6. The van der Waals surface area contributed by atoms with Crippen molar-refractivity contribution in [2.45, 2.75) is 71.3 Å². The third-order valence-electron chi connectivity index (χ3n) is 8.83. The van der Waals surface area contributed by atoms with E-state index in [0.717, 1.165) is 43.3 Å². The summed E-state index contributed by atoms with van der Waals surface area (Å²) in [4.78, 5) is 0. The molecule has 1 unspecified atom stereocenters. The van der Waals surface area contributed by atoms with Gasteiger partial charge in [0.1, 0.15) is 0 Å². The van der Waals surface area contributed by atoms with Gasteiger partial charge in [-0.25, -0.2) is 0 Å². The Bertz CT molecular complexity index is 604. The van der Waals surface area contributed by atoms with Crippen LogP contribution >= 0.6 is 0 Å². The SMILES string of the molecule is COC1=CCC2=C(CC[C@@H]3[C@@H]2CC[C@@]2(C)[C@H]3CC[C@]2(CO)C(C)O)C1. The molecule has 140 valence electrons. The molecule has 25 heavy (non-hydrogen) atoms. The van der Waals surface area contributed by atoms with Crippen LogP contribution in [0.25, 0.3) is 0 Å². The van der Waals surface area contributed by atoms with Gasteiger partial charge < -0.3 is 14.9 Å². The van der Waals surface area contributed by atoms with Gasteiger partial charge in [0.15, 0.2) is 0 Å². The van der Waals surface area contributed by atoms with Gasteiger partial charge in [0.25, 0.3) is 0 Å². The van der Waals surface area contributed by atoms with E-state index in [1.54, 1.807) is 18.3 Å². The Hall–Kier alpha value is -0.800. The van der Waals surface area contributed by atoms with Crippen molar-refractivity contribution >= 4 is 0 Å². The highest BCUT2D eigenvalue weighted by atomic mass is 16.5. The van der Waals surface area contributed by atoms with Crippen molar-refractivity contribution in [3.8, 4) is 0 Å². The predicted octanol–water partition coefficient (Wildman–Crippen LogP) is 4.20. The molecule has 4 aliphatic rings. The van der Waals surface area contributed by atoms with Gasteiger partial charge in [-0.3, -0.25) is 0 Å². The molecule has 0 aromatic heterocycles. The van der Waals surface area contributed by atoms with Crippen LogP contribution < -0.4 is 0 Å². The fraction of sp³-hybridized carbons (Fsp3) is 0.818. The molecule has 6 atom stereocenters. The minimum absolute atomic E-state index is 0.0807. The Morgan fingerprint density at radius 2 is 2.08 bits per heavy atom. The van der Waals surface area contributed by atoms with Gasteiger partial charge in [-0.15, -0.1) is 0 Å². The molecule has 0 aromatic carbocycles. The fourth-order valence-electron chi connectivity index (χ4n) is 7.29. The third kappa shape index (κ3) is 2.31. The standard InChI is InChI=1S/C22H34O3/c1-14(24)22(13-23)11-9-20-19-6-4-15-12-16(25-3)5-7-17(15)18(19)8-10-21(20,22)2/h5,14,18-20,23-24H,4,6-13H2,1-3H3/t14?,18-,19-,20+,21+,22+/m1/s1. The van der Waals surface area contributed by atoms with Crippen LogP contribution in [0, 0.1) is 28.6 Å². The van der Waals surface area contributed by atoms with Gasteiger partial charge in [-0.05, 0) is 81.1 Å². The number of fused-ring (bicyclic) bond motifs is 4. The summed E-state index contributed by atoms with van der Waals surface area (Å²) in [7, 11) is 1.79. The second kappa shape index (κ2) is 6.13. The molecule has 4 rings (SSSR count). The summed E-state index contributed by atoms with van der Waals surface area (Å²) in [6.07, 6.45) is 11.0. The van der Waals surface area contributed by atoms with Crippen molar-refractivity contribution in [3.05, 3.63) is 23.0 Å². The summed E-state index contributed by atoms with van der Waals surface area (Å²) < 4.78 is 5.50. The minimum Gasteiger partial charge on any atom is -0.501 e. The van der Waals surface area contributed by atoms with Crippen LogP contribution in [0.4, 0.5) is 0 Å². The Labute approximate surface area is 152 Å². The van der Waals surface area contributed by atoms with E-state index < -0.39 is 6.10 Å². The molecule has 0 heterocycles. The maximum atomic E-state index is 10.6. The van der Waals surface area contributed by atoms with E-state index in [0.29, 0.717) is 5.92 Å². The fourth-order valence-corrected chi connectivity index (χ4v) is 7.29. The van der Waals surface area contributed by atoms with Crippen molar-refractivity contribution in [2.24, 2.45) is 28.6 Å². The second-order valence-corrected chi connectivity index (χ2v) is 9.28. The molecular formula is C22H34O3. The maximum Gasteiger partial charge on any atom is 0.0959 e. The van der Waals surface area contributed by atoms with Crippen molar-refractivity contribution in [1.82, 2.24) is 0 Å². The molecule has 0 spiro atoms. The molecule has 3 nitrogen and oxygen atoms in total. The quantitative estimate of drug-likeness (QED) is 0.753. The molecule has 0 aliphatic heterocycles. The largest absolute Gasteiger partial charge is 0.501 e. The van der Waals surface area contributed by atoms with E-state index in [4.69, 9.17) is 4.74 Å². The number of hydrogen-bond donors (Lipinski definition) is 2. The van der Waals surface area contributed by atoms with Gasteiger partial charge in [0.05, 0.1) is 25.6 Å². The molecule has 0 bridgehead atoms. The Morgan fingerprint density at radius 1 is 1.28 bits per heavy atom. The van der Waals surface area contributed by atoms with Crippen LogP contribution in [0.5, 0.6) is 0 Å². The number of ether oxygens (including phenoxy) is 1. The zero-order valence-electron chi connectivity index (χ0n) is 16.1. The predicted molar refractivity (Wildman–Crippen MR) is 98.8 cm³/mol. The lowest BCUT2D eigenvalue weighted by Gasteiger charge is -2.56. The number of aliphatic hydroxyl groups is 2. The lowest BCUT2D eigenvalue weighted by molar-refractivity contribution is -0.120. The van der Waals surface area contributed by atoms with E-state index in [-0.39, 0.29) is 17.4 Å². The minimum atomic E-state index is -0.427. The summed E-state index contributed by atoms with van der Waals surface area (Å²) in [5.41, 5.74) is 3.13. The summed E-state index contributed by atoms with van der Waals surface area (Å²) in [6, 6.07) is 0. The van der Waals surface area contributed by atoms with E-state index in [1.807, 2.05) is 6.92 Å². The molecular weight excluding hydrogens is 312 g/mol. The molecule has 0 amide bonds. The average Bonchev–Trinajstić information content (AvgIpc) is 2.94. The second-order valence-electron chi connectivity index (χ2n) is 9.28. The van der Waals surface area contributed by atoms with Gasteiger partial charge >= 0.3 is 0 Å². The first-order valence-corrected chi connectivity index (χ1v) is 10.2. The number of aliphatic hydroxyl groups excluding tert-OH is 2. The van der Waals surface area contributed by atoms with Crippen molar-refractivity contribution in [1.29, 1.82) is 0 Å². The number of hydrogen-bond acceptors (Lipinski definition) is 3. The third-order valence-corrected chi connectivity index (χ3v) is 8.83. The molecule has 0 radical (unpaired) electrons. The summed E-state index contributed by atoms with van der Waals surface area (Å²) in [5, 5.41) is 20.8. The van der Waals surface area contributed by atoms with Crippen LogP contribution in [0.3, 0.4) is 0 Å². The lowest BCUT2D eigenvalue weighted by atomic mass is 9.49. The van der Waals surface area contributed by atoms with E-state index in [1.165, 1.54) is 25.7 Å². The molecule has 0 aromatic rings. The zero-order chi connectivity index (χ0) is 17.8. The van der Waals surface area contributed by atoms with Gasteiger partial charge in [-0.1, -0.05) is 18.1 Å². The van der Waals surface area contributed by atoms with Crippen molar-refractivity contribution < 1.29 is 14.9 Å². The van der Waals surface area contributed by atoms with Crippen LogP contribution in [0.15, 0.2) is 23.0 Å². The number of allylic oxidation sites excluding steroid dienone is 3. The highest BCUT2D eigenvalue weighted by Gasteiger charge is 2.63. The topological polar surface area (TPSA) is 49.7 Å². The Balaban J connectivity index is 1.63. The highest BCUT2D eigenvalue weighted by molar-refractivity contribution is 5.33. The van der Waals surface area contributed by atoms with Crippen LogP contribution in [-0.2, 0) is 4.74 Å². The number of rotatable bonds is 3. The van der Waals surface area contributed by atoms with Crippen LogP contribution in [0.1, 0.15) is 65.2 Å². The van der Waals surface area contributed by atoms with Crippen molar-refractivity contribution in [2.75, 3.05) is 13.7 Å². The first-order chi connectivity index (χ1) is 12.0. The molecule has 4 aliphatic carbocycles. The zero-order valence-corrected chi connectivity index (χ0v) is 16.1. The van der Waals surface area contributed by atoms with Crippen LogP contribution in [-0.4, -0.2) is 30.0 Å². The molecule has 0 saturated heterocycles. The number of methoxy groups -OCH3 is 1. The molecule has 2 saturated carbocycles. The maximum absolute atomic E-state index is 10.6. The molecule has 2 N–H and O–H groups in total. The molecule has 3 heteroatoms. The van der Waals surface area contributed by atoms with E-state index >= 15 is 0 Å².